The quantitative estimate of drug-likeness (QED) is 0.494. The third-order valence-electron chi connectivity index (χ3n) is 4.63. The van der Waals surface area contributed by atoms with E-state index in [9.17, 15) is 18.5 Å². The van der Waals surface area contributed by atoms with Crippen LogP contribution in [-0.4, -0.2) is 20.1 Å². The fourth-order valence-corrected chi connectivity index (χ4v) is 4.67. The number of benzene rings is 3. The largest absolute Gasteiger partial charge is 0.326 e. The molecular formula is C23H18Cl2N2O3S. The van der Waals surface area contributed by atoms with Gasteiger partial charge < -0.3 is 5.32 Å². The minimum Gasteiger partial charge on any atom is -0.326 e. The van der Waals surface area contributed by atoms with Gasteiger partial charge in [0.1, 0.15) is 0 Å². The molecule has 0 aliphatic heterocycles. The van der Waals surface area contributed by atoms with Crippen LogP contribution in [0.4, 0.5) is 5.69 Å². The molecule has 0 aliphatic carbocycles. The second-order valence-corrected chi connectivity index (χ2v) is 9.73. The molecule has 1 N–H and O–H groups in total. The van der Waals surface area contributed by atoms with Crippen LogP contribution in [0.2, 0.25) is 10.0 Å². The number of carbonyl (C=O) groups is 1. The first-order valence-corrected chi connectivity index (χ1v) is 11.7. The molecule has 1 amide bonds. The highest BCUT2D eigenvalue weighted by molar-refractivity contribution is 7.91. The fraction of sp³-hybridized carbons (Fsp3) is 0.130. The molecule has 0 heterocycles. The SMILES string of the molecule is N#CC(c1ccccc1)c1ccc(NC(=O)CCS(=O)(=O)c2ccc(Cl)cc2)cc1Cl. The second kappa shape index (κ2) is 9.97. The molecule has 0 bridgehead atoms. The van der Waals surface area contributed by atoms with E-state index in [1.165, 1.54) is 24.3 Å². The van der Waals surface area contributed by atoms with Gasteiger partial charge in [0.2, 0.25) is 5.91 Å². The molecule has 3 aromatic rings. The molecule has 1 unspecified atom stereocenters. The Morgan fingerprint density at radius 2 is 1.68 bits per heavy atom. The molecule has 0 aliphatic rings. The van der Waals surface area contributed by atoms with Gasteiger partial charge in [0.15, 0.2) is 9.84 Å². The number of halogens is 2. The van der Waals surface area contributed by atoms with Crippen LogP contribution in [0.1, 0.15) is 23.5 Å². The highest BCUT2D eigenvalue weighted by Crippen LogP contribution is 2.31. The molecule has 0 saturated carbocycles. The number of hydrogen-bond acceptors (Lipinski definition) is 4. The van der Waals surface area contributed by atoms with E-state index in [0.717, 1.165) is 5.56 Å². The number of hydrogen-bond donors (Lipinski definition) is 1. The van der Waals surface area contributed by atoms with E-state index < -0.39 is 21.7 Å². The highest BCUT2D eigenvalue weighted by atomic mass is 35.5. The average molecular weight is 473 g/mol. The highest BCUT2D eigenvalue weighted by Gasteiger charge is 2.19. The summed E-state index contributed by atoms with van der Waals surface area (Å²) in [5.41, 5.74) is 1.86. The van der Waals surface area contributed by atoms with Gasteiger partial charge in [-0.3, -0.25) is 4.79 Å². The van der Waals surface area contributed by atoms with Crippen molar-refractivity contribution in [2.24, 2.45) is 0 Å². The Morgan fingerprint density at radius 1 is 1.00 bits per heavy atom. The Hall–Kier alpha value is -2.85. The zero-order valence-corrected chi connectivity index (χ0v) is 18.6. The third kappa shape index (κ3) is 5.86. The maximum absolute atomic E-state index is 12.4. The molecule has 0 radical (unpaired) electrons. The van der Waals surface area contributed by atoms with E-state index in [4.69, 9.17) is 23.2 Å². The van der Waals surface area contributed by atoms with Crippen molar-refractivity contribution in [3.8, 4) is 6.07 Å². The average Bonchev–Trinajstić information content (AvgIpc) is 2.75. The van der Waals surface area contributed by atoms with Gasteiger partial charge in [-0.1, -0.05) is 59.6 Å². The Labute approximate surface area is 191 Å². The molecule has 0 saturated heterocycles. The summed E-state index contributed by atoms with van der Waals surface area (Å²) < 4.78 is 24.7. The number of amides is 1. The van der Waals surface area contributed by atoms with Gasteiger partial charge in [-0.05, 0) is 47.5 Å². The van der Waals surface area contributed by atoms with Crippen LogP contribution >= 0.6 is 23.2 Å². The molecule has 3 aromatic carbocycles. The third-order valence-corrected chi connectivity index (χ3v) is 6.94. The maximum Gasteiger partial charge on any atom is 0.225 e. The van der Waals surface area contributed by atoms with Crippen molar-refractivity contribution in [1.29, 1.82) is 5.26 Å². The summed E-state index contributed by atoms with van der Waals surface area (Å²) in [4.78, 5) is 12.4. The molecule has 31 heavy (non-hydrogen) atoms. The summed E-state index contributed by atoms with van der Waals surface area (Å²) in [7, 11) is -3.61. The fourth-order valence-electron chi connectivity index (χ4n) is 3.02. The molecule has 8 heteroatoms. The van der Waals surface area contributed by atoms with Gasteiger partial charge in [0.25, 0.3) is 0 Å². The van der Waals surface area contributed by atoms with Gasteiger partial charge >= 0.3 is 0 Å². The van der Waals surface area contributed by atoms with Crippen molar-refractivity contribution < 1.29 is 13.2 Å². The molecule has 0 aromatic heterocycles. The first-order valence-electron chi connectivity index (χ1n) is 9.32. The zero-order chi connectivity index (χ0) is 22.4. The Balaban J connectivity index is 1.66. The van der Waals surface area contributed by atoms with Crippen molar-refractivity contribution in [3.05, 3.63) is 94.0 Å². The summed E-state index contributed by atoms with van der Waals surface area (Å²) in [5, 5.41) is 13.0. The van der Waals surface area contributed by atoms with Crippen molar-refractivity contribution >= 4 is 44.6 Å². The molecule has 0 fully saturated rings. The van der Waals surface area contributed by atoms with E-state index in [0.29, 0.717) is 21.3 Å². The van der Waals surface area contributed by atoms with E-state index in [-0.39, 0.29) is 17.1 Å². The van der Waals surface area contributed by atoms with Crippen molar-refractivity contribution in [3.63, 3.8) is 0 Å². The van der Waals surface area contributed by atoms with E-state index in [2.05, 4.69) is 11.4 Å². The lowest BCUT2D eigenvalue weighted by Gasteiger charge is -2.13. The summed E-state index contributed by atoms with van der Waals surface area (Å²) >= 11 is 12.1. The number of nitrogens with zero attached hydrogens (tertiary/aromatic N) is 1. The van der Waals surface area contributed by atoms with E-state index in [1.807, 2.05) is 30.3 Å². The molecular weight excluding hydrogens is 455 g/mol. The standard InChI is InChI=1S/C23H18Cl2N2O3S/c24-17-6-9-19(10-7-17)31(29,30)13-12-23(28)27-18-8-11-20(22(25)14-18)21(15-26)16-4-2-1-3-5-16/h1-11,14,21H,12-13H2,(H,27,28). The van der Waals surface area contributed by atoms with Gasteiger partial charge in [0.05, 0.1) is 22.6 Å². The predicted octanol–water partition coefficient (Wildman–Crippen LogP) is 5.45. The summed E-state index contributed by atoms with van der Waals surface area (Å²) in [5.74, 6) is -1.33. The molecule has 1 atom stereocenters. The lowest BCUT2D eigenvalue weighted by Crippen LogP contribution is -2.17. The maximum atomic E-state index is 12.4. The number of carbonyl (C=O) groups excluding carboxylic acids is 1. The molecule has 158 valence electrons. The first kappa shape index (κ1) is 22.8. The van der Waals surface area contributed by atoms with Gasteiger partial charge in [0, 0.05) is 22.2 Å². The monoisotopic (exact) mass is 472 g/mol. The van der Waals surface area contributed by atoms with Gasteiger partial charge in [-0.2, -0.15) is 5.26 Å². The normalized spacial score (nSPS) is 12.0. The van der Waals surface area contributed by atoms with Crippen LogP contribution in [0, 0.1) is 11.3 Å². The van der Waals surface area contributed by atoms with Crippen molar-refractivity contribution in [2.45, 2.75) is 17.2 Å². The number of sulfone groups is 1. The Morgan fingerprint density at radius 3 is 2.29 bits per heavy atom. The molecule has 5 nitrogen and oxygen atoms in total. The van der Waals surface area contributed by atoms with Crippen molar-refractivity contribution in [2.75, 3.05) is 11.1 Å². The summed E-state index contributed by atoms with van der Waals surface area (Å²) in [6.45, 7) is 0. The Bertz CT molecular complexity index is 1220. The van der Waals surface area contributed by atoms with Crippen LogP contribution in [0.25, 0.3) is 0 Å². The lowest BCUT2D eigenvalue weighted by atomic mass is 9.92. The topological polar surface area (TPSA) is 87.0 Å². The summed E-state index contributed by atoms with van der Waals surface area (Å²) in [6.07, 6.45) is -0.213. The van der Waals surface area contributed by atoms with Crippen LogP contribution in [-0.2, 0) is 14.6 Å². The van der Waals surface area contributed by atoms with Crippen LogP contribution in [0.5, 0.6) is 0 Å². The smallest absolute Gasteiger partial charge is 0.225 e. The van der Waals surface area contributed by atoms with E-state index in [1.54, 1.807) is 18.2 Å². The minimum atomic E-state index is -3.61. The van der Waals surface area contributed by atoms with Crippen LogP contribution in [0.15, 0.2) is 77.7 Å². The van der Waals surface area contributed by atoms with Crippen molar-refractivity contribution in [1.82, 2.24) is 0 Å². The number of anilines is 1. The Kier molecular flexibility index (Phi) is 7.34. The zero-order valence-electron chi connectivity index (χ0n) is 16.3. The van der Waals surface area contributed by atoms with E-state index >= 15 is 0 Å². The van der Waals surface area contributed by atoms with Gasteiger partial charge in [-0.25, -0.2) is 8.42 Å². The van der Waals surface area contributed by atoms with Gasteiger partial charge in [-0.15, -0.1) is 0 Å². The number of nitrogens with one attached hydrogen (secondary N) is 1. The van der Waals surface area contributed by atoms with Crippen LogP contribution in [0.3, 0.4) is 0 Å². The van der Waals surface area contributed by atoms with Crippen LogP contribution < -0.4 is 5.32 Å². The molecule has 3 rings (SSSR count). The molecule has 0 spiro atoms. The lowest BCUT2D eigenvalue weighted by molar-refractivity contribution is -0.115. The number of nitriles is 1. The second-order valence-electron chi connectivity index (χ2n) is 6.78. The first-order chi connectivity index (χ1) is 14.8. The number of rotatable bonds is 7. The summed E-state index contributed by atoms with van der Waals surface area (Å²) in [6, 6.07) is 22.2. The minimum absolute atomic E-state index is 0.112. The predicted molar refractivity (Wildman–Crippen MR) is 122 cm³/mol.